The summed E-state index contributed by atoms with van der Waals surface area (Å²) in [4.78, 5) is 0. The minimum Gasteiger partial charge on any atom is -0.325 e. The molecule has 190 valence electrons. The monoisotopic (exact) mass is 467 g/mol. The first-order chi connectivity index (χ1) is 16.2. The van der Waals surface area contributed by atoms with Crippen LogP contribution in [0.5, 0.6) is 0 Å². The number of allylic oxidation sites excluding steroid dienone is 4. The standard InChI is InChI=1S/C32H50FN/c1-21-24(23-9-7-22(20-33)8-10-23)13-16-29(2)25(21)14-17-31(4)28(29)12-11-26-27-6-5-15-32(27,34)19-18-30(26,31)3/h9,13,21-22,25-28H,5-8,10-12,14-20,34H2,1-4H3/t21?,22?,25?,26?,27-,28?,29?,30-,31?,32?/m1/s1. The van der Waals surface area contributed by atoms with Crippen LogP contribution in [0.4, 0.5) is 4.39 Å². The van der Waals surface area contributed by atoms with Crippen LogP contribution in [0, 0.1) is 51.8 Å². The predicted molar refractivity (Wildman–Crippen MR) is 140 cm³/mol. The van der Waals surface area contributed by atoms with Crippen molar-refractivity contribution in [3.8, 4) is 0 Å². The first kappa shape index (κ1) is 23.7. The van der Waals surface area contributed by atoms with E-state index in [0.717, 1.165) is 42.9 Å². The SMILES string of the molecule is CC1C(C2=CCC(CF)CC2)=CCC2(C)C1CCC1(C)C2CCC2[C@H]3CCCC3(N)CC[C@]21C. The van der Waals surface area contributed by atoms with Crippen LogP contribution in [-0.4, -0.2) is 12.2 Å². The van der Waals surface area contributed by atoms with Gasteiger partial charge in [-0.1, -0.05) is 46.3 Å². The van der Waals surface area contributed by atoms with E-state index in [0.29, 0.717) is 22.2 Å². The molecule has 6 aliphatic carbocycles. The van der Waals surface area contributed by atoms with Crippen molar-refractivity contribution < 1.29 is 4.39 Å². The smallest absolute Gasteiger partial charge is 0.0925 e. The first-order valence-electron chi connectivity index (χ1n) is 14.9. The second-order valence-corrected chi connectivity index (χ2v) is 14.6. The Bertz CT molecular complexity index is 889. The van der Waals surface area contributed by atoms with E-state index in [1.807, 2.05) is 0 Å². The van der Waals surface area contributed by atoms with E-state index in [-0.39, 0.29) is 18.1 Å². The van der Waals surface area contributed by atoms with Gasteiger partial charge in [0.2, 0.25) is 0 Å². The Balaban J connectivity index is 1.30. The lowest BCUT2D eigenvalue weighted by Gasteiger charge is -2.71. The molecule has 6 aliphatic rings. The molecule has 2 heteroatoms. The molecule has 4 fully saturated rings. The number of fused-ring (bicyclic) bond motifs is 7. The molecule has 0 aromatic heterocycles. The summed E-state index contributed by atoms with van der Waals surface area (Å²) in [6.07, 6.45) is 21.7. The molecule has 0 saturated heterocycles. The summed E-state index contributed by atoms with van der Waals surface area (Å²) in [5.74, 6) is 4.18. The van der Waals surface area contributed by atoms with Gasteiger partial charge in [0, 0.05) is 5.54 Å². The number of nitrogens with two attached hydrogens (primary N) is 1. The van der Waals surface area contributed by atoms with Gasteiger partial charge in [-0.2, -0.15) is 0 Å². The molecule has 0 amide bonds. The van der Waals surface area contributed by atoms with E-state index in [1.165, 1.54) is 64.2 Å². The maximum Gasteiger partial charge on any atom is 0.0925 e. The minimum absolute atomic E-state index is 0.148. The van der Waals surface area contributed by atoms with E-state index < -0.39 is 0 Å². The van der Waals surface area contributed by atoms with Gasteiger partial charge < -0.3 is 5.73 Å². The Kier molecular flexibility index (Phi) is 5.54. The average Bonchev–Trinajstić information content (AvgIpc) is 3.22. The van der Waals surface area contributed by atoms with Gasteiger partial charge in [0.25, 0.3) is 0 Å². The van der Waals surface area contributed by atoms with E-state index in [2.05, 4.69) is 39.8 Å². The molecule has 8 unspecified atom stereocenters. The van der Waals surface area contributed by atoms with Gasteiger partial charge in [0.05, 0.1) is 6.67 Å². The number of hydrogen-bond acceptors (Lipinski definition) is 1. The zero-order valence-corrected chi connectivity index (χ0v) is 22.5. The maximum atomic E-state index is 13.2. The minimum atomic E-state index is -0.148. The summed E-state index contributed by atoms with van der Waals surface area (Å²) in [5, 5.41) is 0. The molecule has 1 nitrogen and oxygen atoms in total. The Morgan fingerprint density at radius 2 is 1.71 bits per heavy atom. The summed E-state index contributed by atoms with van der Waals surface area (Å²) in [5.41, 5.74) is 11.8. The van der Waals surface area contributed by atoms with Crippen LogP contribution in [0.2, 0.25) is 0 Å². The second-order valence-electron chi connectivity index (χ2n) is 14.6. The lowest BCUT2D eigenvalue weighted by molar-refractivity contribution is -0.210. The lowest BCUT2D eigenvalue weighted by atomic mass is 9.34. The van der Waals surface area contributed by atoms with Crippen molar-refractivity contribution in [1.29, 1.82) is 0 Å². The summed E-state index contributed by atoms with van der Waals surface area (Å²) >= 11 is 0. The van der Waals surface area contributed by atoms with Crippen molar-refractivity contribution in [3.05, 3.63) is 23.3 Å². The predicted octanol–water partition coefficient (Wildman–Crippen LogP) is 8.40. The molecule has 4 saturated carbocycles. The van der Waals surface area contributed by atoms with E-state index >= 15 is 0 Å². The highest BCUT2D eigenvalue weighted by atomic mass is 19.1. The largest absolute Gasteiger partial charge is 0.325 e. The van der Waals surface area contributed by atoms with Crippen LogP contribution in [-0.2, 0) is 0 Å². The van der Waals surface area contributed by atoms with E-state index in [9.17, 15) is 4.39 Å². The van der Waals surface area contributed by atoms with E-state index in [1.54, 1.807) is 11.1 Å². The second kappa shape index (κ2) is 7.93. The number of rotatable bonds is 2. The molecular weight excluding hydrogens is 417 g/mol. The van der Waals surface area contributed by atoms with Gasteiger partial charge in [-0.3, -0.25) is 4.39 Å². The van der Waals surface area contributed by atoms with Crippen LogP contribution >= 0.6 is 0 Å². The molecule has 10 atom stereocenters. The quantitative estimate of drug-likeness (QED) is 0.433. The molecule has 34 heavy (non-hydrogen) atoms. The fraction of sp³-hybridized carbons (Fsp3) is 0.875. The molecule has 0 radical (unpaired) electrons. The van der Waals surface area contributed by atoms with Gasteiger partial charge in [-0.25, -0.2) is 0 Å². The van der Waals surface area contributed by atoms with Crippen LogP contribution in [0.1, 0.15) is 111 Å². The highest BCUT2D eigenvalue weighted by Crippen LogP contribution is 2.74. The summed E-state index contributed by atoms with van der Waals surface area (Å²) in [7, 11) is 0. The van der Waals surface area contributed by atoms with Crippen LogP contribution in [0.25, 0.3) is 0 Å². The van der Waals surface area contributed by atoms with Gasteiger partial charge >= 0.3 is 0 Å². The normalized spacial score (nSPS) is 54.8. The van der Waals surface area contributed by atoms with Crippen molar-refractivity contribution in [2.24, 2.45) is 57.5 Å². The molecule has 2 N–H and O–H groups in total. The molecular formula is C32H50FN. The van der Waals surface area contributed by atoms with Gasteiger partial charge in [0.1, 0.15) is 0 Å². The third-order valence-corrected chi connectivity index (χ3v) is 13.7. The van der Waals surface area contributed by atoms with Crippen molar-refractivity contribution in [1.82, 2.24) is 0 Å². The van der Waals surface area contributed by atoms with Crippen molar-refractivity contribution >= 4 is 0 Å². The van der Waals surface area contributed by atoms with Crippen LogP contribution in [0.3, 0.4) is 0 Å². The molecule has 0 bridgehead atoms. The molecule has 0 aromatic carbocycles. The van der Waals surface area contributed by atoms with Gasteiger partial charge in [-0.15, -0.1) is 0 Å². The zero-order chi connectivity index (χ0) is 23.9. The molecule has 6 rings (SSSR count). The van der Waals surface area contributed by atoms with Crippen LogP contribution in [0.15, 0.2) is 23.3 Å². The number of hydrogen-bond donors (Lipinski definition) is 1. The first-order valence-corrected chi connectivity index (χ1v) is 14.9. The third-order valence-electron chi connectivity index (χ3n) is 13.7. The Labute approximate surface area is 208 Å². The van der Waals surface area contributed by atoms with Crippen LogP contribution < -0.4 is 5.73 Å². The highest BCUT2D eigenvalue weighted by molar-refractivity contribution is 5.38. The molecule has 0 spiro atoms. The molecule has 0 aromatic rings. The fourth-order valence-corrected chi connectivity index (χ4v) is 11.6. The summed E-state index contributed by atoms with van der Waals surface area (Å²) in [6.45, 7) is 10.5. The third kappa shape index (κ3) is 3.05. The number of alkyl halides is 1. The zero-order valence-electron chi connectivity index (χ0n) is 22.5. The fourth-order valence-electron chi connectivity index (χ4n) is 11.6. The van der Waals surface area contributed by atoms with Crippen molar-refractivity contribution in [3.63, 3.8) is 0 Å². The van der Waals surface area contributed by atoms with Gasteiger partial charge in [-0.05, 0) is 140 Å². The summed E-state index contributed by atoms with van der Waals surface area (Å²) in [6, 6.07) is 0. The summed E-state index contributed by atoms with van der Waals surface area (Å²) < 4.78 is 13.2. The molecule has 0 heterocycles. The van der Waals surface area contributed by atoms with E-state index in [4.69, 9.17) is 5.73 Å². The maximum absolute atomic E-state index is 13.2. The van der Waals surface area contributed by atoms with Crippen molar-refractivity contribution in [2.75, 3.05) is 6.67 Å². The molecule has 0 aliphatic heterocycles. The topological polar surface area (TPSA) is 26.0 Å². The van der Waals surface area contributed by atoms with Gasteiger partial charge in [0.15, 0.2) is 0 Å². The van der Waals surface area contributed by atoms with Crippen molar-refractivity contribution in [2.45, 2.75) is 117 Å². The Hall–Kier alpha value is -0.630. The highest BCUT2D eigenvalue weighted by Gasteiger charge is 2.68. The average molecular weight is 468 g/mol. The Morgan fingerprint density at radius 3 is 2.44 bits per heavy atom. The number of halogens is 1. The lowest BCUT2D eigenvalue weighted by Crippen LogP contribution is -2.66. The Morgan fingerprint density at radius 1 is 0.882 bits per heavy atom.